The highest BCUT2D eigenvalue weighted by molar-refractivity contribution is 7.91. The maximum atomic E-state index is 12.2. The fourth-order valence-corrected chi connectivity index (χ4v) is 5.11. The lowest BCUT2D eigenvalue weighted by molar-refractivity contribution is -0.142. The van der Waals surface area contributed by atoms with Crippen LogP contribution in [0, 0.1) is 12.8 Å². The van der Waals surface area contributed by atoms with Gasteiger partial charge in [-0.05, 0) is 49.6 Å². The molecular weight excluding hydrogens is 286 g/mol. The van der Waals surface area contributed by atoms with E-state index in [-0.39, 0.29) is 12.0 Å². The maximum absolute atomic E-state index is 12.2. The Labute approximate surface area is 116 Å². The Morgan fingerprint density at radius 1 is 1.37 bits per heavy atom. The minimum Gasteiger partial charge on any atom is -0.481 e. The van der Waals surface area contributed by atoms with Gasteiger partial charge in [-0.15, -0.1) is 11.3 Å². The first-order valence-corrected chi connectivity index (χ1v) is 8.55. The average Bonchev–Trinajstić information content (AvgIpc) is 2.76. The van der Waals surface area contributed by atoms with Gasteiger partial charge >= 0.3 is 5.97 Å². The predicted octanol–water partition coefficient (Wildman–Crippen LogP) is 1.98. The van der Waals surface area contributed by atoms with Gasteiger partial charge in [0.05, 0.1) is 5.92 Å². The molecule has 106 valence electrons. The maximum Gasteiger partial charge on any atom is 0.306 e. The Bertz CT molecular complexity index is 556. The number of thiophene rings is 1. The summed E-state index contributed by atoms with van der Waals surface area (Å²) in [6.07, 6.45) is 2.24. The highest BCUT2D eigenvalue weighted by atomic mass is 32.2. The second-order valence-corrected chi connectivity index (χ2v) is 7.72. The quantitative estimate of drug-likeness (QED) is 0.891. The first-order chi connectivity index (χ1) is 8.90. The number of sulfonamides is 1. The molecule has 0 spiro atoms. The number of aliphatic carboxylic acids is 1. The number of carboxylic acid groups (broad SMARTS) is 1. The van der Waals surface area contributed by atoms with Crippen LogP contribution in [0.25, 0.3) is 0 Å². The van der Waals surface area contributed by atoms with Crippen molar-refractivity contribution in [1.29, 1.82) is 0 Å². The first kappa shape index (κ1) is 14.5. The van der Waals surface area contributed by atoms with E-state index in [2.05, 4.69) is 4.72 Å². The number of nitrogens with one attached hydrogen (secondary N) is 1. The van der Waals surface area contributed by atoms with Gasteiger partial charge < -0.3 is 5.11 Å². The van der Waals surface area contributed by atoms with Crippen molar-refractivity contribution in [3.05, 3.63) is 17.0 Å². The summed E-state index contributed by atoms with van der Waals surface area (Å²) in [7, 11) is -3.46. The van der Waals surface area contributed by atoms with Gasteiger partial charge in [0.2, 0.25) is 0 Å². The minimum atomic E-state index is -3.46. The van der Waals surface area contributed by atoms with E-state index in [9.17, 15) is 13.2 Å². The highest BCUT2D eigenvalue weighted by Crippen LogP contribution is 2.27. The van der Waals surface area contributed by atoms with Crippen molar-refractivity contribution >= 4 is 27.3 Å². The monoisotopic (exact) mass is 303 g/mol. The molecule has 1 aliphatic rings. The molecule has 5 nitrogen and oxygen atoms in total. The van der Waals surface area contributed by atoms with Crippen LogP contribution in [0.2, 0.25) is 0 Å². The van der Waals surface area contributed by atoms with Crippen molar-refractivity contribution in [1.82, 2.24) is 4.72 Å². The number of carbonyl (C=O) groups is 1. The van der Waals surface area contributed by atoms with Crippen LogP contribution >= 0.6 is 11.3 Å². The van der Waals surface area contributed by atoms with Crippen molar-refractivity contribution in [2.24, 2.45) is 5.92 Å². The van der Waals surface area contributed by atoms with E-state index in [1.54, 1.807) is 18.4 Å². The molecule has 1 aromatic heterocycles. The third kappa shape index (κ3) is 3.34. The van der Waals surface area contributed by atoms with Gasteiger partial charge in [-0.2, -0.15) is 0 Å². The van der Waals surface area contributed by atoms with Crippen LogP contribution in [0.15, 0.2) is 15.7 Å². The summed E-state index contributed by atoms with van der Waals surface area (Å²) >= 11 is 1.21. The van der Waals surface area contributed by atoms with Gasteiger partial charge in [0.15, 0.2) is 0 Å². The van der Waals surface area contributed by atoms with Gasteiger partial charge in [-0.1, -0.05) is 0 Å². The summed E-state index contributed by atoms with van der Waals surface area (Å²) in [6, 6.07) is 1.63. The Morgan fingerprint density at radius 2 is 2.00 bits per heavy atom. The summed E-state index contributed by atoms with van der Waals surface area (Å²) in [6.45, 7) is 1.77. The third-order valence-electron chi connectivity index (χ3n) is 3.46. The average molecular weight is 303 g/mol. The zero-order valence-corrected chi connectivity index (χ0v) is 12.3. The molecule has 0 saturated heterocycles. The third-order valence-corrected chi connectivity index (χ3v) is 6.67. The molecule has 7 heteroatoms. The Balaban J connectivity index is 2.00. The van der Waals surface area contributed by atoms with Crippen molar-refractivity contribution in [3.8, 4) is 0 Å². The minimum absolute atomic E-state index is 0.151. The van der Waals surface area contributed by atoms with E-state index < -0.39 is 16.0 Å². The molecule has 0 amide bonds. The molecule has 1 fully saturated rings. The molecule has 0 atom stereocenters. The summed E-state index contributed by atoms with van der Waals surface area (Å²) in [4.78, 5) is 10.8. The number of rotatable bonds is 4. The zero-order chi connectivity index (χ0) is 14.0. The number of hydrogen-bond acceptors (Lipinski definition) is 4. The van der Waals surface area contributed by atoms with E-state index in [1.165, 1.54) is 11.3 Å². The Hall–Kier alpha value is -0.920. The summed E-state index contributed by atoms with van der Waals surface area (Å²) < 4.78 is 27.4. The van der Waals surface area contributed by atoms with Gasteiger partial charge in [0, 0.05) is 6.04 Å². The van der Waals surface area contributed by atoms with Crippen LogP contribution in [0.3, 0.4) is 0 Å². The van der Waals surface area contributed by atoms with Crippen LogP contribution in [0.1, 0.15) is 31.2 Å². The summed E-state index contributed by atoms with van der Waals surface area (Å²) in [5, 5.41) is 10.7. The molecule has 0 aliphatic heterocycles. The van der Waals surface area contributed by atoms with Gasteiger partial charge in [-0.3, -0.25) is 4.79 Å². The largest absolute Gasteiger partial charge is 0.481 e. The summed E-state index contributed by atoms with van der Waals surface area (Å²) in [5.74, 6) is -1.11. The van der Waals surface area contributed by atoms with E-state index in [1.807, 2.05) is 0 Å². The number of carboxylic acids is 1. The van der Waals surface area contributed by atoms with E-state index in [0.29, 0.717) is 29.9 Å². The SMILES string of the molecule is Cc1ccsc1S(=O)(=O)NC1CCC(C(=O)O)CC1. The van der Waals surface area contributed by atoms with Crippen molar-refractivity contribution in [2.45, 2.75) is 42.9 Å². The second kappa shape index (κ2) is 5.60. The molecule has 1 heterocycles. The zero-order valence-electron chi connectivity index (χ0n) is 10.6. The summed E-state index contributed by atoms with van der Waals surface area (Å²) in [5.41, 5.74) is 0.747. The highest BCUT2D eigenvalue weighted by Gasteiger charge is 2.29. The molecule has 2 rings (SSSR count). The lowest BCUT2D eigenvalue weighted by Gasteiger charge is -2.26. The van der Waals surface area contributed by atoms with Crippen LogP contribution < -0.4 is 4.72 Å². The van der Waals surface area contributed by atoms with Crippen LogP contribution in [0.5, 0.6) is 0 Å². The predicted molar refractivity (Wildman–Crippen MR) is 72.8 cm³/mol. The Kier molecular flexibility index (Phi) is 4.27. The Morgan fingerprint density at radius 3 is 2.47 bits per heavy atom. The molecule has 0 unspecified atom stereocenters. The molecule has 1 aliphatic carbocycles. The molecular formula is C12H17NO4S2. The molecule has 0 aromatic carbocycles. The van der Waals surface area contributed by atoms with Crippen molar-refractivity contribution in [3.63, 3.8) is 0 Å². The normalized spacial score (nSPS) is 24.3. The van der Waals surface area contributed by atoms with E-state index in [0.717, 1.165) is 5.56 Å². The fourth-order valence-electron chi connectivity index (χ4n) is 2.37. The van der Waals surface area contributed by atoms with Gasteiger partial charge in [0.25, 0.3) is 10.0 Å². The fraction of sp³-hybridized carbons (Fsp3) is 0.583. The van der Waals surface area contributed by atoms with Crippen LogP contribution in [-0.2, 0) is 14.8 Å². The number of aryl methyl sites for hydroxylation is 1. The van der Waals surface area contributed by atoms with Crippen molar-refractivity contribution < 1.29 is 18.3 Å². The van der Waals surface area contributed by atoms with Crippen LogP contribution in [-0.4, -0.2) is 25.5 Å². The van der Waals surface area contributed by atoms with Crippen LogP contribution in [0.4, 0.5) is 0 Å². The molecule has 0 bridgehead atoms. The molecule has 19 heavy (non-hydrogen) atoms. The van der Waals surface area contributed by atoms with Crippen molar-refractivity contribution in [2.75, 3.05) is 0 Å². The molecule has 2 N–H and O–H groups in total. The standard InChI is InChI=1S/C12H17NO4S2/c1-8-6-7-18-12(8)19(16,17)13-10-4-2-9(3-5-10)11(14)15/h6-7,9-10,13H,2-5H2,1H3,(H,14,15). The lowest BCUT2D eigenvalue weighted by atomic mass is 9.87. The lowest BCUT2D eigenvalue weighted by Crippen LogP contribution is -2.38. The topological polar surface area (TPSA) is 83.5 Å². The second-order valence-electron chi connectivity index (χ2n) is 4.90. The van der Waals surface area contributed by atoms with Gasteiger partial charge in [-0.25, -0.2) is 13.1 Å². The molecule has 0 radical (unpaired) electrons. The smallest absolute Gasteiger partial charge is 0.306 e. The van der Waals surface area contributed by atoms with E-state index >= 15 is 0 Å². The molecule has 1 aromatic rings. The first-order valence-electron chi connectivity index (χ1n) is 6.19. The van der Waals surface area contributed by atoms with E-state index in [4.69, 9.17) is 5.11 Å². The molecule has 1 saturated carbocycles. The van der Waals surface area contributed by atoms with Gasteiger partial charge in [0.1, 0.15) is 4.21 Å². The number of hydrogen-bond donors (Lipinski definition) is 2.